The fraction of sp³-hybridized carbons (Fsp3) is 0.214. The van der Waals surface area contributed by atoms with E-state index in [1.165, 1.54) is 0 Å². The van der Waals surface area contributed by atoms with Crippen LogP contribution in [0.5, 0.6) is 0 Å². The summed E-state index contributed by atoms with van der Waals surface area (Å²) in [4.78, 5) is 33.7. The van der Waals surface area contributed by atoms with Gasteiger partial charge in [0.05, 0.1) is 28.3 Å². The molecule has 8 heteroatoms. The fourth-order valence-electron chi connectivity index (χ4n) is 3.83. The number of benzene rings is 3. The monoisotopic (exact) mass is 521 g/mol. The standard InChI is InChI=1S/C28H25Cl2N3O3/c1-17(28(35)36)3-2-4-24-26(19-7-12-22(30)13-8-19)33-23-14-9-20(15-25(23)32-24)27(34)31-16-18-5-10-21(29)11-6-18/h5-15,17H,2-4,16H2,1H3,(H,31,34)(H,35,36). The van der Waals surface area contributed by atoms with Crippen molar-refractivity contribution in [3.05, 3.63) is 93.6 Å². The molecule has 1 unspecified atom stereocenters. The Labute approximate surface area is 219 Å². The van der Waals surface area contributed by atoms with E-state index in [2.05, 4.69) is 5.32 Å². The zero-order valence-electron chi connectivity index (χ0n) is 19.7. The number of hydrogen-bond acceptors (Lipinski definition) is 4. The summed E-state index contributed by atoms with van der Waals surface area (Å²) in [6, 6.07) is 19.9. The largest absolute Gasteiger partial charge is 0.481 e. The minimum atomic E-state index is -0.813. The number of halogens is 2. The number of nitrogens with zero attached hydrogens (tertiary/aromatic N) is 2. The fourth-order valence-corrected chi connectivity index (χ4v) is 4.08. The van der Waals surface area contributed by atoms with E-state index >= 15 is 0 Å². The molecule has 36 heavy (non-hydrogen) atoms. The Morgan fingerprint density at radius 3 is 2.25 bits per heavy atom. The van der Waals surface area contributed by atoms with Gasteiger partial charge < -0.3 is 10.4 Å². The molecule has 3 aromatic carbocycles. The number of amides is 1. The van der Waals surface area contributed by atoms with E-state index in [0.29, 0.717) is 52.4 Å². The topological polar surface area (TPSA) is 92.2 Å². The molecule has 0 aliphatic carbocycles. The van der Waals surface area contributed by atoms with Crippen LogP contribution in [0.1, 0.15) is 41.4 Å². The van der Waals surface area contributed by atoms with Crippen molar-refractivity contribution in [2.45, 2.75) is 32.7 Å². The maximum absolute atomic E-state index is 12.8. The number of rotatable bonds is 9. The Morgan fingerprint density at radius 2 is 1.58 bits per heavy atom. The van der Waals surface area contributed by atoms with Crippen LogP contribution < -0.4 is 5.32 Å². The van der Waals surface area contributed by atoms with Gasteiger partial charge in [0.1, 0.15) is 0 Å². The summed E-state index contributed by atoms with van der Waals surface area (Å²) in [6.07, 6.45) is 1.74. The van der Waals surface area contributed by atoms with Gasteiger partial charge in [-0.15, -0.1) is 0 Å². The quantitative estimate of drug-likeness (QED) is 0.259. The second kappa shape index (κ2) is 11.5. The van der Waals surface area contributed by atoms with Gasteiger partial charge in [0.2, 0.25) is 0 Å². The van der Waals surface area contributed by atoms with E-state index in [0.717, 1.165) is 22.5 Å². The zero-order chi connectivity index (χ0) is 25.7. The molecule has 0 spiro atoms. The first-order valence-corrected chi connectivity index (χ1v) is 12.4. The van der Waals surface area contributed by atoms with Gasteiger partial charge in [-0.25, -0.2) is 9.97 Å². The van der Waals surface area contributed by atoms with E-state index in [1.807, 2.05) is 24.3 Å². The van der Waals surface area contributed by atoms with Crippen LogP contribution >= 0.6 is 23.2 Å². The lowest BCUT2D eigenvalue weighted by Crippen LogP contribution is -2.22. The van der Waals surface area contributed by atoms with E-state index in [4.69, 9.17) is 33.2 Å². The van der Waals surface area contributed by atoms with Crippen molar-refractivity contribution in [1.82, 2.24) is 15.3 Å². The Bertz CT molecular complexity index is 1390. The number of carbonyl (C=O) groups excluding carboxylic acids is 1. The third-order valence-electron chi connectivity index (χ3n) is 5.95. The van der Waals surface area contributed by atoms with Crippen LogP contribution in [0.25, 0.3) is 22.3 Å². The lowest BCUT2D eigenvalue weighted by molar-refractivity contribution is -0.141. The summed E-state index contributed by atoms with van der Waals surface area (Å²) in [5, 5.41) is 13.4. The van der Waals surface area contributed by atoms with Gasteiger partial charge in [0, 0.05) is 27.7 Å². The first-order chi connectivity index (χ1) is 17.3. The number of aromatic nitrogens is 2. The van der Waals surface area contributed by atoms with Crippen LogP contribution in [0.15, 0.2) is 66.7 Å². The number of aliphatic carboxylic acids is 1. The van der Waals surface area contributed by atoms with Crippen molar-refractivity contribution in [2.75, 3.05) is 0 Å². The summed E-state index contributed by atoms with van der Waals surface area (Å²) in [6.45, 7) is 2.08. The number of carbonyl (C=O) groups is 2. The van der Waals surface area contributed by atoms with E-state index in [9.17, 15) is 14.7 Å². The molecule has 0 saturated carbocycles. The highest BCUT2D eigenvalue weighted by Gasteiger charge is 2.16. The highest BCUT2D eigenvalue weighted by atomic mass is 35.5. The molecule has 1 atom stereocenters. The molecule has 0 aliphatic heterocycles. The molecule has 0 radical (unpaired) electrons. The van der Waals surface area contributed by atoms with Crippen molar-refractivity contribution >= 4 is 46.1 Å². The van der Waals surface area contributed by atoms with E-state index in [1.54, 1.807) is 49.4 Å². The molecular weight excluding hydrogens is 497 g/mol. The van der Waals surface area contributed by atoms with Crippen LogP contribution in [-0.2, 0) is 17.8 Å². The Kier molecular flexibility index (Phi) is 8.18. The Hall–Kier alpha value is -3.48. The summed E-state index contributed by atoms with van der Waals surface area (Å²) in [5.74, 6) is -1.47. The van der Waals surface area contributed by atoms with Crippen LogP contribution in [0.3, 0.4) is 0 Å². The second-order valence-electron chi connectivity index (χ2n) is 8.67. The summed E-state index contributed by atoms with van der Waals surface area (Å²) in [7, 11) is 0. The summed E-state index contributed by atoms with van der Waals surface area (Å²) < 4.78 is 0. The maximum atomic E-state index is 12.8. The van der Waals surface area contributed by atoms with Gasteiger partial charge >= 0.3 is 5.97 Å². The summed E-state index contributed by atoms with van der Waals surface area (Å²) >= 11 is 12.0. The highest BCUT2D eigenvalue weighted by Crippen LogP contribution is 2.27. The molecule has 0 aliphatic rings. The van der Waals surface area contributed by atoms with Crippen LogP contribution in [-0.4, -0.2) is 27.0 Å². The van der Waals surface area contributed by atoms with Gasteiger partial charge in [-0.3, -0.25) is 9.59 Å². The molecule has 1 aromatic heterocycles. The van der Waals surface area contributed by atoms with Crippen LogP contribution in [0.4, 0.5) is 0 Å². The van der Waals surface area contributed by atoms with E-state index < -0.39 is 11.9 Å². The average Bonchev–Trinajstić information content (AvgIpc) is 2.87. The maximum Gasteiger partial charge on any atom is 0.306 e. The summed E-state index contributed by atoms with van der Waals surface area (Å²) in [5.41, 5.74) is 5.04. The van der Waals surface area contributed by atoms with Gasteiger partial charge in [-0.1, -0.05) is 54.4 Å². The van der Waals surface area contributed by atoms with Crippen molar-refractivity contribution < 1.29 is 14.7 Å². The molecule has 1 heterocycles. The Balaban J connectivity index is 1.60. The van der Waals surface area contributed by atoms with Crippen LogP contribution in [0.2, 0.25) is 10.0 Å². The number of carboxylic acid groups (broad SMARTS) is 1. The predicted octanol–water partition coefficient (Wildman–Crippen LogP) is 6.58. The van der Waals surface area contributed by atoms with Crippen molar-refractivity contribution in [3.63, 3.8) is 0 Å². The molecule has 0 fully saturated rings. The zero-order valence-corrected chi connectivity index (χ0v) is 21.2. The Morgan fingerprint density at radius 1 is 0.917 bits per heavy atom. The third-order valence-corrected chi connectivity index (χ3v) is 6.46. The predicted molar refractivity (Wildman–Crippen MR) is 142 cm³/mol. The molecule has 0 bridgehead atoms. The molecule has 0 saturated heterocycles. The molecule has 2 N–H and O–H groups in total. The van der Waals surface area contributed by atoms with E-state index in [-0.39, 0.29) is 5.91 Å². The number of nitrogens with one attached hydrogen (secondary N) is 1. The van der Waals surface area contributed by atoms with Gasteiger partial charge in [0.25, 0.3) is 5.91 Å². The smallest absolute Gasteiger partial charge is 0.306 e. The van der Waals surface area contributed by atoms with Crippen molar-refractivity contribution in [2.24, 2.45) is 5.92 Å². The lowest BCUT2D eigenvalue weighted by Gasteiger charge is -2.12. The number of aryl methyl sites for hydroxylation is 1. The molecule has 4 aromatic rings. The van der Waals surface area contributed by atoms with Gasteiger partial charge in [-0.05, 0) is 67.3 Å². The lowest BCUT2D eigenvalue weighted by atomic mass is 10.0. The number of carboxylic acids is 1. The number of hydrogen-bond donors (Lipinski definition) is 2. The molecule has 184 valence electrons. The first kappa shape index (κ1) is 25.6. The SMILES string of the molecule is CC(CCCc1nc2cc(C(=O)NCc3ccc(Cl)cc3)ccc2nc1-c1ccc(Cl)cc1)C(=O)O. The normalized spacial score (nSPS) is 11.9. The molecular formula is C28H25Cl2N3O3. The van der Waals surface area contributed by atoms with Gasteiger partial charge in [-0.2, -0.15) is 0 Å². The van der Waals surface area contributed by atoms with Crippen molar-refractivity contribution in [3.8, 4) is 11.3 Å². The average molecular weight is 522 g/mol. The highest BCUT2D eigenvalue weighted by molar-refractivity contribution is 6.30. The number of fused-ring (bicyclic) bond motifs is 1. The molecule has 6 nitrogen and oxygen atoms in total. The van der Waals surface area contributed by atoms with Crippen LogP contribution in [0, 0.1) is 5.92 Å². The first-order valence-electron chi connectivity index (χ1n) is 11.6. The van der Waals surface area contributed by atoms with Gasteiger partial charge in [0.15, 0.2) is 0 Å². The third kappa shape index (κ3) is 6.39. The molecule has 4 rings (SSSR count). The van der Waals surface area contributed by atoms with Crippen molar-refractivity contribution in [1.29, 1.82) is 0 Å². The minimum absolute atomic E-state index is 0.215. The second-order valence-corrected chi connectivity index (χ2v) is 9.54. The minimum Gasteiger partial charge on any atom is -0.481 e. The molecule has 1 amide bonds.